The van der Waals surface area contributed by atoms with Crippen LogP contribution in [0.25, 0.3) is 33.2 Å². The Kier molecular flexibility index (Phi) is 5.58. The van der Waals surface area contributed by atoms with Gasteiger partial charge in [-0.1, -0.05) is 66.7 Å². The summed E-state index contributed by atoms with van der Waals surface area (Å²) in [6.07, 6.45) is 4.83. The molecule has 34 heavy (non-hydrogen) atoms. The first-order valence-corrected chi connectivity index (χ1v) is 11.0. The summed E-state index contributed by atoms with van der Waals surface area (Å²) in [5.74, 6) is 0. The van der Waals surface area contributed by atoms with E-state index in [4.69, 9.17) is 16.9 Å². The zero-order valence-electron chi connectivity index (χ0n) is 18.6. The van der Waals surface area contributed by atoms with Crippen molar-refractivity contribution in [3.05, 3.63) is 120 Å². The molecule has 4 aromatic carbocycles. The summed E-state index contributed by atoms with van der Waals surface area (Å²) >= 11 is 0. The lowest BCUT2D eigenvalue weighted by Gasteiger charge is -2.13. The second-order valence-corrected chi connectivity index (χ2v) is 8.00. The minimum absolute atomic E-state index is 0.623. The van der Waals surface area contributed by atoms with Gasteiger partial charge in [0.2, 0.25) is 0 Å². The fraction of sp³-hybridized carbons (Fsp3) is 0. The first-order chi connectivity index (χ1) is 16.7. The van der Waals surface area contributed by atoms with E-state index in [1.807, 2.05) is 84.9 Å². The SMILES string of the molecule is N=Cc1cc2c(cc1Nc1ccccc1)c1ccccc1n2C(/C=C(\N)c1ccccc1)=C/N. The molecule has 0 fully saturated rings. The molecule has 1 heterocycles. The number of para-hydroxylation sites is 2. The summed E-state index contributed by atoms with van der Waals surface area (Å²) in [6, 6.07) is 32.1. The number of nitrogens with one attached hydrogen (secondary N) is 2. The van der Waals surface area contributed by atoms with Crippen LogP contribution in [0.2, 0.25) is 0 Å². The van der Waals surface area contributed by atoms with Gasteiger partial charge in [0.1, 0.15) is 0 Å². The molecule has 5 heteroatoms. The van der Waals surface area contributed by atoms with Crippen molar-refractivity contribution in [1.82, 2.24) is 4.57 Å². The Morgan fingerprint density at radius 1 is 0.794 bits per heavy atom. The minimum atomic E-state index is 0.623. The largest absolute Gasteiger partial charge is 0.403 e. The maximum atomic E-state index is 8.06. The van der Waals surface area contributed by atoms with Gasteiger partial charge in [0.25, 0.3) is 0 Å². The molecule has 5 rings (SSSR count). The van der Waals surface area contributed by atoms with Gasteiger partial charge >= 0.3 is 0 Å². The van der Waals surface area contributed by atoms with Crippen LogP contribution in [-0.2, 0) is 0 Å². The molecule has 0 saturated carbocycles. The van der Waals surface area contributed by atoms with E-state index in [-0.39, 0.29) is 0 Å². The second kappa shape index (κ2) is 9.00. The van der Waals surface area contributed by atoms with Crippen LogP contribution in [0.4, 0.5) is 11.4 Å². The molecule has 0 aliphatic rings. The number of rotatable bonds is 6. The lowest BCUT2D eigenvalue weighted by atomic mass is 10.1. The van der Waals surface area contributed by atoms with Crippen LogP contribution in [-0.4, -0.2) is 10.8 Å². The van der Waals surface area contributed by atoms with Crippen LogP contribution in [0.15, 0.2) is 109 Å². The van der Waals surface area contributed by atoms with Crippen molar-refractivity contribution in [1.29, 1.82) is 5.41 Å². The lowest BCUT2D eigenvalue weighted by molar-refractivity contribution is 1.22. The zero-order valence-corrected chi connectivity index (χ0v) is 18.6. The lowest BCUT2D eigenvalue weighted by Crippen LogP contribution is -2.03. The highest BCUT2D eigenvalue weighted by Crippen LogP contribution is 2.36. The molecule has 0 aliphatic heterocycles. The summed E-state index contributed by atoms with van der Waals surface area (Å²) in [5, 5.41) is 13.7. The topological polar surface area (TPSA) is 92.8 Å². The molecule has 6 N–H and O–H groups in total. The molecular weight excluding hydrogens is 418 g/mol. The van der Waals surface area contributed by atoms with Gasteiger partial charge in [-0.3, -0.25) is 0 Å². The van der Waals surface area contributed by atoms with Crippen LogP contribution < -0.4 is 16.8 Å². The van der Waals surface area contributed by atoms with Gasteiger partial charge in [-0.05, 0) is 42.0 Å². The highest BCUT2D eigenvalue weighted by atomic mass is 15.0. The van der Waals surface area contributed by atoms with Crippen molar-refractivity contribution in [2.45, 2.75) is 0 Å². The highest BCUT2D eigenvalue weighted by Gasteiger charge is 2.16. The van der Waals surface area contributed by atoms with E-state index in [9.17, 15) is 0 Å². The molecule has 0 aliphatic carbocycles. The number of benzene rings is 4. The molecule has 0 unspecified atom stereocenters. The highest BCUT2D eigenvalue weighted by molar-refractivity contribution is 6.13. The van der Waals surface area contributed by atoms with Crippen molar-refractivity contribution in [2.75, 3.05) is 5.32 Å². The quantitative estimate of drug-likeness (QED) is 0.183. The van der Waals surface area contributed by atoms with Crippen LogP contribution in [0.1, 0.15) is 11.1 Å². The smallest absolute Gasteiger partial charge is 0.0637 e. The second-order valence-electron chi connectivity index (χ2n) is 8.00. The maximum Gasteiger partial charge on any atom is 0.0637 e. The Morgan fingerprint density at radius 3 is 2.18 bits per heavy atom. The van der Waals surface area contributed by atoms with E-state index in [2.05, 4.69) is 28.1 Å². The van der Waals surface area contributed by atoms with E-state index >= 15 is 0 Å². The van der Waals surface area contributed by atoms with Crippen molar-refractivity contribution < 1.29 is 0 Å². The summed E-state index contributed by atoms with van der Waals surface area (Å²) in [6.45, 7) is 0. The van der Waals surface area contributed by atoms with E-state index in [1.165, 1.54) is 6.21 Å². The first kappa shape index (κ1) is 21.1. The molecule has 5 nitrogen and oxygen atoms in total. The predicted octanol–water partition coefficient (Wildman–Crippen LogP) is 6.29. The van der Waals surface area contributed by atoms with E-state index in [0.717, 1.165) is 50.0 Å². The average Bonchev–Trinajstić information content (AvgIpc) is 3.21. The molecule has 0 saturated heterocycles. The maximum absolute atomic E-state index is 8.06. The molecule has 0 bridgehead atoms. The third-order valence-corrected chi connectivity index (χ3v) is 5.89. The fourth-order valence-electron chi connectivity index (χ4n) is 4.27. The van der Waals surface area contributed by atoms with Crippen LogP contribution in [0.5, 0.6) is 0 Å². The number of aromatic nitrogens is 1. The monoisotopic (exact) mass is 443 g/mol. The number of anilines is 2. The Morgan fingerprint density at radius 2 is 1.47 bits per heavy atom. The zero-order chi connectivity index (χ0) is 23.5. The summed E-state index contributed by atoms with van der Waals surface area (Å²) in [7, 11) is 0. The standard InChI is InChI=1S/C29H25N5/c30-18-21-15-29-25(17-27(21)33-22-11-5-2-6-12-22)24-13-7-8-14-28(24)34(29)23(19-31)16-26(32)20-9-3-1-4-10-20/h1-19,30,33H,31-32H2/b23-19+,26-16-,30-18?. The van der Waals surface area contributed by atoms with E-state index in [1.54, 1.807) is 6.20 Å². The summed E-state index contributed by atoms with van der Waals surface area (Å²) in [5.41, 5.74) is 19.5. The molecule has 166 valence electrons. The third kappa shape index (κ3) is 3.80. The van der Waals surface area contributed by atoms with Crippen molar-refractivity contribution >= 4 is 50.8 Å². The van der Waals surface area contributed by atoms with Gasteiger partial charge in [0.15, 0.2) is 0 Å². The normalized spacial score (nSPS) is 12.2. The first-order valence-electron chi connectivity index (χ1n) is 11.0. The van der Waals surface area contributed by atoms with Gasteiger partial charge < -0.3 is 26.8 Å². The predicted molar refractivity (Wildman–Crippen MR) is 144 cm³/mol. The minimum Gasteiger partial charge on any atom is -0.403 e. The number of nitrogens with zero attached hydrogens (tertiary/aromatic N) is 1. The molecule has 0 radical (unpaired) electrons. The molecule has 0 amide bonds. The molecular formula is C29H25N5. The van der Waals surface area contributed by atoms with Crippen LogP contribution in [0, 0.1) is 5.41 Å². The van der Waals surface area contributed by atoms with Gasteiger partial charge in [0, 0.05) is 45.8 Å². The van der Waals surface area contributed by atoms with E-state index in [0.29, 0.717) is 5.70 Å². The van der Waals surface area contributed by atoms with Crippen molar-refractivity contribution in [3.8, 4) is 0 Å². The average molecular weight is 444 g/mol. The van der Waals surface area contributed by atoms with Gasteiger partial charge in [-0.25, -0.2) is 0 Å². The van der Waals surface area contributed by atoms with E-state index < -0.39 is 0 Å². The van der Waals surface area contributed by atoms with Gasteiger partial charge in [-0.2, -0.15) is 0 Å². The Labute approximate surface area is 198 Å². The number of nitrogens with two attached hydrogens (primary N) is 2. The van der Waals surface area contributed by atoms with Crippen LogP contribution >= 0.6 is 0 Å². The van der Waals surface area contributed by atoms with Crippen molar-refractivity contribution in [2.24, 2.45) is 11.5 Å². The fourth-order valence-corrected chi connectivity index (χ4v) is 4.27. The Bertz CT molecular complexity index is 1540. The number of hydrogen-bond acceptors (Lipinski definition) is 4. The van der Waals surface area contributed by atoms with Crippen LogP contribution in [0.3, 0.4) is 0 Å². The van der Waals surface area contributed by atoms with Gasteiger partial charge in [-0.15, -0.1) is 0 Å². The Balaban J connectivity index is 1.72. The molecule has 1 aromatic heterocycles. The van der Waals surface area contributed by atoms with Crippen molar-refractivity contribution in [3.63, 3.8) is 0 Å². The third-order valence-electron chi connectivity index (χ3n) is 5.89. The summed E-state index contributed by atoms with van der Waals surface area (Å²) in [4.78, 5) is 0. The molecule has 5 aromatic rings. The number of allylic oxidation sites excluding steroid dienone is 2. The molecule has 0 spiro atoms. The number of fused-ring (bicyclic) bond motifs is 3. The number of hydrogen-bond donors (Lipinski definition) is 4. The summed E-state index contributed by atoms with van der Waals surface area (Å²) < 4.78 is 2.10. The Hall–Kier alpha value is -4.77. The van der Waals surface area contributed by atoms with Gasteiger partial charge in [0.05, 0.1) is 16.7 Å². The molecule has 0 atom stereocenters.